The quantitative estimate of drug-likeness (QED) is 0.536. The van der Waals surface area contributed by atoms with Crippen molar-refractivity contribution in [3.8, 4) is 0 Å². The Labute approximate surface area is 79.5 Å². The number of hydrogen-bond acceptors (Lipinski definition) is 3. The fraction of sp³-hybridized carbons (Fsp3) is 0.889. The van der Waals surface area contributed by atoms with Gasteiger partial charge in [0.05, 0.1) is 0 Å². The van der Waals surface area contributed by atoms with Crippen molar-refractivity contribution in [1.29, 1.82) is 0 Å². The molecule has 0 saturated carbocycles. The molecule has 0 aromatic carbocycles. The number of aliphatic hydroxyl groups is 1. The number of primary amides is 1. The van der Waals surface area contributed by atoms with E-state index in [1.165, 1.54) is 0 Å². The van der Waals surface area contributed by atoms with Gasteiger partial charge in [0.25, 0.3) is 0 Å². The van der Waals surface area contributed by atoms with Crippen molar-refractivity contribution in [3.63, 3.8) is 0 Å². The molecule has 1 amide bonds. The summed E-state index contributed by atoms with van der Waals surface area (Å²) in [4.78, 5) is 10.7. The second kappa shape index (κ2) is 5.94. The van der Waals surface area contributed by atoms with Crippen LogP contribution in [-0.4, -0.2) is 30.2 Å². The largest absolute Gasteiger partial charge is 0.396 e. The Balaban J connectivity index is 3.69. The number of nitrogens with two attached hydrogens (primary N) is 1. The summed E-state index contributed by atoms with van der Waals surface area (Å²) in [5.41, 5.74) is 5.10. The zero-order valence-corrected chi connectivity index (χ0v) is 8.58. The van der Waals surface area contributed by atoms with Gasteiger partial charge in [0.15, 0.2) is 0 Å². The first-order chi connectivity index (χ1) is 5.99. The number of aliphatic hydroxyl groups excluding tert-OH is 1. The van der Waals surface area contributed by atoms with Crippen LogP contribution in [0.25, 0.3) is 0 Å². The minimum atomic E-state index is -0.295. The van der Waals surface area contributed by atoms with Crippen LogP contribution in [0.3, 0.4) is 0 Å². The van der Waals surface area contributed by atoms with Gasteiger partial charge in [0.1, 0.15) is 0 Å². The van der Waals surface area contributed by atoms with Gasteiger partial charge >= 0.3 is 0 Å². The van der Waals surface area contributed by atoms with E-state index in [0.29, 0.717) is 6.54 Å². The lowest BCUT2D eigenvalue weighted by Crippen LogP contribution is -2.39. The predicted octanol–water partition coefficient (Wildman–Crippen LogP) is -0.286. The molecule has 4 N–H and O–H groups in total. The van der Waals surface area contributed by atoms with Crippen LogP contribution < -0.4 is 11.1 Å². The Morgan fingerprint density at radius 1 is 1.46 bits per heavy atom. The van der Waals surface area contributed by atoms with Crippen LogP contribution in [0.1, 0.15) is 20.8 Å². The molecule has 4 heteroatoms. The Hall–Kier alpha value is -0.610. The van der Waals surface area contributed by atoms with E-state index in [2.05, 4.69) is 5.32 Å². The maximum atomic E-state index is 10.7. The number of amides is 1. The molecule has 78 valence electrons. The van der Waals surface area contributed by atoms with Crippen molar-refractivity contribution in [1.82, 2.24) is 5.32 Å². The normalized spacial score (nSPS) is 17.8. The average molecular weight is 188 g/mol. The molecule has 0 aliphatic heterocycles. The van der Waals surface area contributed by atoms with Crippen LogP contribution in [0.15, 0.2) is 0 Å². The van der Waals surface area contributed by atoms with Crippen LogP contribution in [0, 0.1) is 11.8 Å². The van der Waals surface area contributed by atoms with Crippen molar-refractivity contribution in [2.24, 2.45) is 17.6 Å². The van der Waals surface area contributed by atoms with E-state index in [4.69, 9.17) is 10.8 Å². The summed E-state index contributed by atoms with van der Waals surface area (Å²) in [7, 11) is 0. The molecule has 0 radical (unpaired) electrons. The summed E-state index contributed by atoms with van der Waals surface area (Å²) >= 11 is 0. The number of carbonyl (C=O) groups is 1. The van der Waals surface area contributed by atoms with Gasteiger partial charge in [-0.3, -0.25) is 4.79 Å². The third-order valence-corrected chi connectivity index (χ3v) is 2.37. The molecule has 0 aromatic heterocycles. The van der Waals surface area contributed by atoms with Crippen LogP contribution >= 0.6 is 0 Å². The minimum absolute atomic E-state index is 0.152. The Kier molecular flexibility index (Phi) is 5.66. The maximum absolute atomic E-state index is 10.7. The Morgan fingerprint density at radius 3 is 2.38 bits per heavy atom. The zero-order chi connectivity index (χ0) is 10.4. The third kappa shape index (κ3) is 4.85. The number of rotatable bonds is 6. The van der Waals surface area contributed by atoms with Crippen LogP contribution in [0.2, 0.25) is 0 Å². The Morgan fingerprint density at radius 2 is 2.00 bits per heavy atom. The van der Waals surface area contributed by atoms with Crippen LogP contribution in [0.5, 0.6) is 0 Å². The van der Waals surface area contributed by atoms with Crippen molar-refractivity contribution in [2.75, 3.05) is 13.2 Å². The Bertz CT molecular complexity index is 162. The fourth-order valence-corrected chi connectivity index (χ4v) is 0.823. The first-order valence-corrected chi connectivity index (χ1v) is 4.62. The topological polar surface area (TPSA) is 75.3 Å². The molecule has 0 spiro atoms. The van der Waals surface area contributed by atoms with Gasteiger partial charge in [0.2, 0.25) is 5.91 Å². The van der Waals surface area contributed by atoms with Gasteiger partial charge in [0, 0.05) is 25.1 Å². The summed E-state index contributed by atoms with van der Waals surface area (Å²) in [5.74, 6) is -0.259. The highest BCUT2D eigenvalue weighted by Gasteiger charge is 2.13. The van der Waals surface area contributed by atoms with Gasteiger partial charge in [-0.2, -0.15) is 0 Å². The molecule has 4 nitrogen and oxygen atoms in total. The molecule has 0 aliphatic rings. The van der Waals surface area contributed by atoms with Gasteiger partial charge in [-0.25, -0.2) is 0 Å². The molecule has 3 unspecified atom stereocenters. The van der Waals surface area contributed by atoms with Gasteiger partial charge < -0.3 is 16.2 Å². The summed E-state index contributed by atoms with van der Waals surface area (Å²) in [6.07, 6.45) is 0. The lowest BCUT2D eigenvalue weighted by Gasteiger charge is -2.20. The van der Waals surface area contributed by atoms with Crippen LogP contribution in [-0.2, 0) is 4.79 Å². The summed E-state index contributed by atoms with van der Waals surface area (Å²) < 4.78 is 0. The fourth-order valence-electron chi connectivity index (χ4n) is 0.823. The molecule has 0 fully saturated rings. The van der Waals surface area contributed by atoms with Crippen molar-refractivity contribution >= 4 is 5.91 Å². The molecule has 0 aromatic rings. The van der Waals surface area contributed by atoms with Gasteiger partial charge in [-0.15, -0.1) is 0 Å². The molecule has 0 aliphatic carbocycles. The summed E-state index contributed by atoms with van der Waals surface area (Å²) in [6.45, 7) is 6.44. The monoisotopic (exact) mass is 188 g/mol. The second-order valence-electron chi connectivity index (χ2n) is 3.66. The minimum Gasteiger partial charge on any atom is -0.396 e. The van der Waals surface area contributed by atoms with Crippen molar-refractivity contribution in [2.45, 2.75) is 26.8 Å². The highest BCUT2D eigenvalue weighted by atomic mass is 16.3. The first kappa shape index (κ1) is 12.4. The maximum Gasteiger partial charge on any atom is 0.221 e. The molecule has 0 bridgehead atoms. The highest BCUT2D eigenvalue weighted by molar-refractivity contribution is 5.76. The summed E-state index contributed by atoms with van der Waals surface area (Å²) in [6, 6.07) is 0.201. The van der Waals surface area contributed by atoms with Crippen molar-refractivity contribution in [3.05, 3.63) is 0 Å². The lowest BCUT2D eigenvalue weighted by molar-refractivity contribution is -0.121. The van der Waals surface area contributed by atoms with E-state index in [9.17, 15) is 4.79 Å². The highest BCUT2D eigenvalue weighted by Crippen LogP contribution is 2.01. The SMILES string of the molecule is CC(CNC(C)C(C)CO)C(N)=O. The number of hydrogen-bond donors (Lipinski definition) is 3. The van der Waals surface area contributed by atoms with E-state index >= 15 is 0 Å². The van der Waals surface area contributed by atoms with Crippen molar-refractivity contribution < 1.29 is 9.90 Å². The van der Waals surface area contributed by atoms with E-state index in [1.54, 1.807) is 6.92 Å². The van der Waals surface area contributed by atoms with Gasteiger partial charge in [-0.05, 0) is 12.8 Å². The van der Waals surface area contributed by atoms with Gasteiger partial charge in [-0.1, -0.05) is 13.8 Å². The molecule has 0 heterocycles. The molecule has 13 heavy (non-hydrogen) atoms. The van der Waals surface area contributed by atoms with E-state index in [1.807, 2.05) is 13.8 Å². The molecule has 3 atom stereocenters. The number of carbonyl (C=O) groups excluding carboxylic acids is 1. The first-order valence-electron chi connectivity index (χ1n) is 4.62. The second-order valence-corrected chi connectivity index (χ2v) is 3.66. The van der Waals surface area contributed by atoms with E-state index < -0.39 is 0 Å². The molecular weight excluding hydrogens is 168 g/mol. The summed E-state index contributed by atoms with van der Waals surface area (Å²) in [5, 5.41) is 12.0. The zero-order valence-electron chi connectivity index (χ0n) is 8.58. The predicted molar refractivity (Wildman–Crippen MR) is 52.1 cm³/mol. The lowest BCUT2D eigenvalue weighted by atomic mass is 10.0. The molecule has 0 saturated heterocycles. The molecule has 0 rings (SSSR count). The third-order valence-electron chi connectivity index (χ3n) is 2.37. The standard InChI is InChI=1S/C9H20N2O2/c1-6(9(10)13)4-11-8(3)7(2)5-12/h6-8,11-12H,4-5H2,1-3H3,(H2,10,13). The average Bonchev–Trinajstić information content (AvgIpc) is 2.11. The van der Waals surface area contributed by atoms with E-state index in [-0.39, 0.29) is 30.4 Å². The number of nitrogens with one attached hydrogen (secondary N) is 1. The van der Waals surface area contributed by atoms with E-state index in [0.717, 1.165) is 0 Å². The smallest absolute Gasteiger partial charge is 0.221 e. The molecular formula is C9H20N2O2. The van der Waals surface area contributed by atoms with Crippen LogP contribution in [0.4, 0.5) is 0 Å².